The number of nitrogens with one attached hydrogen (secondary N) is 1. The molecule has 0 atom stereocenters. The van der Waals surface area contributed by atoms with E-state index in [1.165, 1.54) is 12.1 Å². The highest BCUT2D eigenvalue weighted by Gasteiger charge is 2.15. The minimum Gasteiger partial charge on any atom is -0.490 e. The van der Waals surface area contributed by atoms with Crippen molar-refractivity contribution in [2.45, 2.75) is 13.8 Å². The van der Waals surface area contributed by atoms with Crippen molar-refractivity contribution in [1.29, 1.82) is 10.5 Å². The molecule has 8 heteroatoms. The summed E-state index contributed by atoms with van der Waals surface area (Å²) in [5.41, 5.74) is 1.54. The van der Waals surface area contributed by atoms with Crippen molar-refractivity contribution in [3.05, 3.63) is 57.1 Å². The van der Waals surface area contributed by atoms with E-state index < -0.39 is 5.91 Å². The molecule has 0 bridgehead atoms. The van der Waals surface area contributed by atoms with E-state index in [-0.39, 0.29) is 23.0 Å². The third kappa shape index (κ3) is 5.65. The Balaban J connectivity index is 2.36. The van der Waals surface area contributed by atoms with Crippen LogP contribution in [0.3, 0.4) is 0 Å². The van der Waals surface area contributed by atoms with Gasteiger partial charge in [-0.25, -0.2) is 0 Å². The quantitative estimate of drug-likeness (QED) is 0.484. The number of anilines is 1. The van der Waals surface area contributed by atoms with Gasteiger partial charge in [-0.05, 0) is 55.3 Å². The standard InChI is InChI=1S/C21H17Cl2N3O3/c1-3-28-19-11-14(10-17(23)20(19)29-8-7-24)9-15(12-25)21(27)26-18-6-4-5-16(22)13(18)2/h4-6,9-11H,3,8H2,1-2H3,(H,26,27)/b15-9+. The number of nitriles is 2. The van der Waals surface area contributed by atoms with Crippen molar-refractivity contribution in [1.82, 2.24) is 0 Å². The van der Waals surface area contributed by atoms with Crippen LogP contribution in [0.5, 0.6) is 11.5 Å². The highest BCUT2D eigenvalue weighted by molar-refractivity contribution is 6.32. The van der Waals surface area contributed by atoms with Crippen molar-refractivity contribution in [2.75, 3.05) is 18.5 Å². The SMILES string of the molecule is CCOc1cc(/C=C(\C#N)C(=O)Nc2cccc(Cl)c2C)cc(Cl)c1OCC#N. The molecule has 2 aromatic carbocycles. The van der Waals surface area contributed by atoms with Gasteiger partial charge < -0.3 is 14.8 Å². The van der Waals surface area contributed by atoms with Crippen LogP contribution in [0.1, 0.15) is 18.1 Å². The molecule has 29 heavy (non-hydrogen) atoms. The molecule has 0 unspecified atom stereocenters. The summed E-state index contributed by atoms with van der Waals surface area (Å²) in [7, 11) is 0. The lowest BCUT2D eigenvalue weighted by atomic mass is 10.1. The number of amides is 1. The number of carbonyl (C=O) groups is 1. The maximum absolute atomic E-state index is 12.5. The second-order valence-corrected chi connectivity index (χ2v) is 6.56. The minimum absolute atomic E-state index is 0.131. The van der Waals surface area contributed by atoms with Crippen molar-refractivity contribution in [3.63, 3.8) is 0 Å². The molecular formula is C21H17Cl2N3O3. The Kier molecular flexibility index (Phi) is 7.91. The van der Waals surface area contributed by atoms with Gasteiger partial charge in [0.15, 0.2) is 18.1 Å². The molecule has 0 saturated heterocycles. The number of hydrogen-bond donors (Lipinski definition) is 1. The van der Waals surface area contributed by atoms with Crippen LogP contribution < -0.4 is 14.8 Å². The first kappa shape index (κ1) is 22.1. The molecule has 0 radical (unpaired) electrons. The Morgan fingerprint density at radius 1 is 1.21 bits per heavy atom. The average Bonchev–Trinajstić information content (AvgIpc) is 2.69. The second-order valence-electron chi connectivity index (χ2n) is 5.75. The van der Waals surface area contributed by atoms with E-state index in [1.54, 1.807) is 38.1 Å². The average molecular weight is 430 g/mol. The zero-order chi connectivity index (χ0) is 21.4. The molecule has 0 aliphatic rings. The molecule has 0 aliphatic heterocycles. The van der Waals surface area contributed by atoms with Gasteiger partial charge in [0.1, 0.15) is 17.7 Å². The van der Waals surface area contributed by atoms with Crippen LogP contribution in [0.2, 0.25) is 10.0 Å². The molecule has 0 saturated carbocycles. The third-order valence-corrected chi connectivity index (χ3v) is 4.49. The first-order chi connectivity index (χ1) is 13.9. The summed E-state index contributed by atoms with van der Waals surface area (Å²) in [6.45, 7) is 3.69. The van der Waals surface area contributed by atoms with Gasteiger partial charge in [0.2, 0.25) is 0 Å². The summed E-state index contributed by atoms with van der Waals surface area (Å²) < 4.78 is 10.8. The first-order valence-electron chi connectivity index (χ1n) is 8.55. The Labute approximate surface area is 178 Å². The zero-order valence-electron chi connectivity index (χ0n) is 15.8. The van der Waals surface area contributed by atoms with Gasteiger partial charge >= 0.3 is 0 Å². The Bertz CT molecular complexity index is 1040. The normalized spacial score (nSPS) is 10.6. The molecule has 0 aliphatic carbocycles. The van der Waals surface area contributed by atoms with Gasteiger partial charge in [-0.1, -0.05) is 29.3 Å². The largest absolute Gasteiger partial charge is 0.490 e. The van der Waals surface area contributed by atoms with E-state index in [1.807, 2.05) is 12.1 Å². The summed E-state index contributed by atoms with van der Waals surface area (Å²) in [4.78, 5) is 12.5. The van der Waals surface area contributed by atoms with Gasteiger partial charge in [0.25, 0.3) is 5.91 Å². The summed E-state index contributed by atoms with van der Waals surface area (Å²) in [5, 5.41) is 21.5. The lowest BCUT2D eigenvalue weighted by molar-refractivity contribution is -0.112. The van der Waals surface area contributed by atoms with Gasteiger partial charge in [-0.15, -0.1) is 0 Å². The lowest BCUT2D eigenvalue weighted by Gasteiger charge is -2.13. The molecule has 6 nitrogen and oxygen atoms in total. The van der Waals surface area contributed by atoms with Gasteiger partial charge in [0.05, 0.1) is 11.6 Å². The molecular weight excluding hydrogens is 413 g/mol. The highest BCUT2D eigenvalue weighted by atomic mass is 35.5. The molecule has 0 spiro atoms. The molecule has 148 valence electrons. The van der Waals surface area contributed by atoms with Crippen LogP contribution in [-0.2, 0) is 4.79 Å². The molecule has 1 amide bonds. The van der Waals surface area contributed by atoms with Crippen LogP contribution >= 0.6 is 23.2 Å². The molecule has 1 N–H and O–H groups in total. The number of rotatable bonds is 7. The second kappa shape index (κ2) is 10.4. The smallest absolute Gasteiger partial charge is 0.266 e. The predicted octanol–water partition coefficient (Wildman–Crippen LogP) is 5.15. The number of hydrogen-bond acceptors (Lipinski definition) is 5. The van der Waals surface area contributed by atoms with Crippen LogP contribution in [0.15, 0.2) is 35.9 Å². The van der Waals surface area contributed by atoms with Crippen molar-refractivity contribution >= 4 is 40.9 Å². The summed E-state index contributed by atoms with van der Waals surface area (Å²) in [6, 6.07) is 12.0. The van der Waals surface area contributed by atoms with Crippen LogP contribution in [0.4, 0.5) is 5.69 Å². The number of benzene rings is 2. The fraction of sp³-hybridized carbons (Fsp3) is 0.190. The van der Waals surface area contributed by atoms with Crippen molar-refractivity contribution in [3.8, 4) is 23.6 Å². The van der Waals surface area contributed by atoms with Crippen LogP contribution in [-0.4, -0.2) is 19.1 Å². The van der Waals surface area contributed by atoms with Crippen LogP contribution in [0, 0.1) is 29.6 Å². The van der Waals surface area contributed by atoms with E-state index in [2.05, 4.69) is 5.32 Å². The monoisotopic (exact) mass is 429 g/mol. The predicted molar refractivity (Wildman–Crippen MR) is 112 cm³/mol. The van der Waals surface area contributed by atoms with Gasteiger partial charge in [-0.2, -0.15) is 10.5 Å². The number of carbonyl (C=O) groups excluding carboxylic acids is 1. The Morgan fingerprint density at radius 2 is 1.97 bits per heavy atom. The third-order valence-electron chi connectivity index (χ3n) is 3.80. The van der Waals surface area contributed by atoms with Gasteiger partial charge in [-0.3, -0.25) is 4.79 Å². The number of ether oxygens (including phenoxy) is 2. The Hall–Kier alpha value is -3.19. The van der Waals surface area contributed by atoms with E-state index >= 15 is 0 Å². The summed E-state index contributed by atoms with van der Waals surface area (Å²) in [6.07, 6.45) is 1.39. The fourth-order valence-electron chi connectivity index (χ4n) is 2.43. The zero-order valence-corrected chi connectivity index (χ0v) is 17.3. The molecule has 2 aromatic rings. The summed E-state index contributed by atoms with van der Waals surface area (Å²) >= 11 is 12.3. The van der Waals surface area contributed by atoms with E-state index in [0.717, 1.165) is 0 Å². The van der Waals surface area contributed by atoms with Crippen molar-refractivity contribution in [2.24, 2.45) is 0 Å². The van der Waals surface area contributed by atoms with E-state index in [9.17, 15) is 10.1 Å². The maximum Gasteiger partial charge on any atom is 0.266 e. The first-order valence-corrected chi connectivity index (χ1v) is 9.31. The number of halogens is 2. The van der Waals surface area contributed by atoms with Crippen LogP contribution in [0.25, 0.3) is 6.08 Å². The molecule has 0 heterocycles. The molecule has 0 fully saturated rings. The maximum atomic E-state index is 12.5. The minimum atomic E-state index is -0.586. The van der Waals surface area contributed by atoms with Gasteiger partial charge in [0, 0.05) is 10.7 Å². The lowest BCUT2D eigenvalue weighted by Crippen LogP contribution is -2.14. The van der Waals surface area contributed by atoms with E-state index in [0.29, 0.717) is 34.2 Å². The Morgan fingerprint density at radius 3 is 2.62 bits per heavy atom. The summed E-state index contributed by atoms with van der Waals surface area (Å²) in [5.74, 6) is -0.0497. The highest BCUT2D eigenvalue weighted by Crippen LogP contribution is 2.37. The van der Waals surface area contributed by atoms with Crippen molar-refractivity contribution < 1.29 is 14.3 Å². The van der Waals surface area contributed by atoms with E-state index in [4.69, 9.17) is 37.9 Å². The molecule has 2 rings (SSSR count). The molecule has 0 aromatic heterocycles. The number of nitrogens with zero attached hydrogens (tertiary/aromatic N) is 2. The topological polar surface area (TPSA) is 95.1 Å². The fourth-order valence-corrected chi connectivity index (χ4v) is 2.87.